The summed E-state index contributed by atoms with van der Waals surface area (Å²) in [7, 11) is 1.38. The van der Waals surface area contributed by atoms with Gasteiger partial charge in [-0.1, -0.05) is 20.8 Å². The number of carbonyl (C=O) groups excluding carboxylic acids is 1. The van der Waals surface area contributed by atoms with Crippen LogP contribution < -0.4 is 5.32 Å². The average Bonchev–Trinajstić information content (AvgIpc) is 3.06. The lowest BCUT2D eigenvalue weighted by Crippen LogP contribution is -2.44. The molecule has 2 aliphatic carbocycles. The molecule has 0 saturated heterocycles. The zero-order valence-electron chi connectivity index (χ0n) is 13.4. The topological polar surface area (TPSA) is 51.5 Å². The molecule has 0 aromatic carbocycles. The fourth-order valence-electron chi connectivity index (χ4n) is 4.49. The Labute approximate surface area is 126 Å². The number of esters is 1. The Hall–Kier alpha value is -1.29. The molecule has 2 fully saturated rings. The Bertz CT molecular complexity index is 548. The second kappa shape index (κ2) is 4.87. The molecular weight excluding hydrogens is 266 g/mol. The lowest BCUT2D eigenvalue weighted by molar-refractivity contribution is 0.0562. The summed E-state index contributed by atoms with van der Waals surface area (Å²) in [6.07, 6.45) is 5.42. The minimum Gasteiger partial charge on any atom is -0.463 e. The first-order valence-electron chi connectivity index (χ1n) is 7.78. The number of fused-ring (bicyclic) bond motifs is 2. The standard InChI is InChI=1S/C17H25NO3/c1-16(2)12-5-7-17(16,3)13(9-12)18-10-11-6-8-21-14(11)15(19)20-4/h6,8,12-13,18H,5,7,9-10H2,1-4H3. The summed E-state index contributed by atoms with van der Waals surface area (Å²) in [5.41, 5.74) is 1.62. The van der Waals surface area contributed by atoms with E-state index in [4.69, 9.17) is 9.15 Å². The van der Waals surface area contributed by atoms with Crippen LogP contribution in [0.15, 0.2) is 16.7 Å². The minimum atomic E-state index is -0.406. The van der Waals surface area contributed by atoms with Crippen LogP contribution in [0.25, 0.3) is 0 Å². The van der Waals surface area contributed by atoms with Gasteiger partial charge < -0.3 is 14.5 Å². The average molecular weight is 291 g/mol. The van der Waals surface area contributed by atoms with E-state index in [0.29, 0.717) is 29.2 Å². The van der Waals surface area contributed by atoms with Gasteiger partial charge in [0.2, 0.25) is 5.76 Å². The molecule has 4 heteroatoms. The SMILES string of the molecule is COC(=O)c1occc1CNC1CC2CCC1(C)C2(C)C. The molecule has 21 heavy (non-hydrogen) atoms. The van der Waals surface area contributed by atoms with Crippen LogP contribution in [0.2, 0.25) is 0 Å². The number of furan rings is 1. The Morgan fingerprint density at radius 1 is 1.48 bits per heavy atom. The van der Waals surface area contributed by atoms with Gasteiger partial charge in [0.25, 0.3) is 0 Å². The highest BCUT2D eigenvalue weighted by molar-refractivity contribution is 5.87. The summed E-state index contributed by atoms with van der Waals surface area (Å²) in [4.78, 5) is 11.6. The van der Waals surface area contributed by atoms with Crippen LogP contribution in [0.5, 0.6) is 0 Å². The summed E-state index contributed by atoms with van der Waals surface area (Å²) < 4.78 is 9.99. The van der Waals surface area contributed by atoms with Crippen LogP contribution >= 0.6 is 0 Å². The molecule has 3 atom stereocenters. The van der Waals surface area contributed by atoms with E-state index in [9.17, 15) is 4.79 Å². The van der Waals surface area contributed by atoms with Crippen LogP contribution in [0, 0.1) is 16.7 Å². The monoisotopic (exact) mass is 291 g/mol. The molecule has 0 radical (unpaired) electrons. The van der Waals surface area contributed by atoms with Crippen LogP contribution in [-0.2, 0) is 11.3 Å². The van der Waals surface area contributed by atoms with Crippen molar-refractivity contribution in [3.8, 4) is 0 Å². The van der Waals surface area contributed by atoms with Crippen molar-refractivity contribution in [2.24, 2.45) is 16.7 Å². The van der Waals surface area contributed by atoms with Crippen LogP contribution in [0.4, 0.5) is 0 Å². The summed E-state index contributed by atoms with van der Waals surface area (Å²) >= 11 is 0. The third-order valence-electron chi connectivity index (χ3n) is 6.45. The number of nitrogens with one attached hydrogen (secondary N) is 1. The molecule has 0 aliphatic heterocycles. The highest BCUT2D eigenvalue weighted by Gasteiger charge is 2.60. The summed E-state index contributed by atoms with van der Waals surface area (Å²) in [5.74, 6) is 0.721. The van der Waals surface area contributed by atoms with Gasteiger partial charge in [-0.15, -0.1) is 0 Å². The van der Waals surface area contributed by atoms with Crippen molar-refractivity contribution in [3.05, 3.63) is 23.7 Å². The zero-order valence-corrected chi connectivity index (χ0v) is 13.4. The quantitative estimate of drug-likeness (QED) is 0.864. The molecule has 2 saturated carbocycles. The molecule has 1 heterocycles. The Morgan fingerprint density at radius 3 is 2.81 bits per heavy atom. The molecule has 2 bridgehead atoms. The highest BCUT2D eigenvalue weighted by Crippen LogP contribution is 2.65. The van der Waals surface area contributed by atoms with E-state index in [-0.39, 0.29) is 0 Å². The fourth-order valence-corrected chi connectivity index (χ4v) is 4.49. The van der Waals surface area contributed by atoms with Crippen LogP contribution in [-0.4, -0.2) is 19.1 Å². The van der Waals surface area contributed by atoms with E-state index in [0.717, 1.165) is 11.5 Å². The predicted molar refractivity (Wildman–Crippen MR) is 79.9 cm³/mol. The Morgan fingerprint density at radius 2 is 2.24 bits per heavy atom. The lowest BCUT2D eigenvalue weighted by Gasteiger charge is -2.39. The van der Waals surface area contributed by atoms with E-state index < -0.39 is 5.97 Å². The maximum absolute atomic E-state index is 11.6. The van der Waals surface area contributed by atoms with Gasteiger partial charge >= 0.3 is 5.97 Å². The van der Waals surface area contributed by atoms with Crippen molar-refractivity contribution in [3.63, 3.8) is 0 Å². The van der Waals surface area contributed by atoms with E-state index in [1.165, 1.54) is 26.4 Å². The van der Waals surface area contributed by atoms with Crippen molar-refractivity contribution < 1.29 is 13.9 Å². The highest BCUT2D eigenvalue weighted by atomic mass is 16.5. The van der Waals surface area contributed by atoms with Crippen molar-refractivity contribution in [2.75, 3.05) is 7.11 Å². The molecule has 0 amide bonds. The maximum atomic E-state index is 11.6. The molecular formula is C17H25NO3. The molecule has 1 aromatic rings. The number of ether oxygens (including phenoxy) is 1. The molecule has 2 aliphatic rings. The van der Waals surface area contributed by atoms with Gasteiger partial charge in [-0.2, -0.15) is 0 Å². The zero-order chi connectivity index (χ0) is 15.3. The van der Waals surface area contributed by atoms with Gasteiger partial charge in [-0.05, 0) is 42.1 Å². The smallest absolute Gasteiger partial charge is 0.374 e. The molecule has 1 aromatic heterocycles. The molecule has 3 rings (SSSR count). The molecule has 1 N–H and O–H groups in total. The van der Waals surface area contributed by atoms with Crippen molar-refractivity contribution >= 4 is 5.97 Å². The van der Waals surface area contributed by atoms with E-state index in [1.807, 2.05) is 6.07 Å². The Balaban J connectivity index is 1.70. The third kappa shape index (κ3) is 2.03. The first-order chi connectivity index (χ1) is 9.90. The maximum Gasteiger partial charge on any atom is 0.374 e. The molecule has 3 unspecified atom stereocenters. The number of hydrogen-bond donors (Lipinski definition) is 1. The Kier molecular flexibility index (Phi) is 3.40. The number of carbonyl (C=O) groups is 1. The molecule has 4 nitrogen and oxygen atoms in total. The number of rotatable bonds is 4. The van der Waals surface area contributed by atoms with E-state index in [1.54, 1.807) is 6.26 Å². The normalized spacial score (nSPS) is 33.3. The van der Waals surface area contributed by atoms with E-state index in [2.05, 4.69) is 26.1 Å². The molecule has 0 spiro atoms. The second-order valence-electron chi connectivity index (χ2n) is 7.31. The summed E-state index contributed by atoms with van der Waals surface area (Å²) in [5, 5.41) is 3.66. The third-order valence-corrected chi connectivity index (χ3v) is 6.45. The summed E-state index contributed by atoms with van der Waals surface area (Å²) in [6, 6.07) is 2.35. The first-order valence-corrected chi connectivity index (χ1v) is 7.78. The van der Waals surface area contributed by atoms with Gasteiger partial charge in [0, 0.05) is 18.2 Å². The van der Waals surface area contributed by atoms with Gasteiger partial charge in [-0.3, -0.25) is 0 Å². The van der Waals surface area contributed by atoms with Gasteiger partial charge in [0.05, 0.1) is 13.4 Å². The fraction of sp³-hybridized carbons (Fsp3) is 0.706. The van der Waals surface area contributed by atoms with Crippen molar-refractivity contribution in [2.45, 2.75) is 52.6 Å². The van der Waals surface area contributed by atoms with E-state index >= 15 is 0 Å². The minimum absolute atomic E-state index is 0.317. The van der Waals surface area contributed by atoms with Crippen LogP contribution in [0.3, 0.4) is 0 Å². The van der Waals surface area contributed by atoms with Gasteiger partial charge in [0.1, 0.15) is 0 Å². The summed E-state index contributed by atoms with van der Waals surface area (Å²) in [6.45, 7) is 7.88. The number of hydrogen-bond acceptors (Lipinski definition) is 4. The van der Waals surface area contributed by atoms with Crippen molar-refractivity contribution in [1.82, 2.24) is 5.32 Å². The first kappa shape index (κ1) is 14.6. The van der Waals surface area contributed by atoms with Crippen LogP contribution in [0.1, 0.15) is 56.2 Å². The van der Waals surface area contributed by atoms with Crippen molar-refractivity contribution in [1.29, 1.82) is 0 Å². The largest absolute Gasteiger partial charge is 0.463 e. The second-order valence-corrected chi connectivity index (χ2v) is 7.31. The molecule has 116 valence electrons. The van der Waals surface area contributed by atoms with Gasteiger partial charge in [0.15, 0.2) is 0 Å². The van der Waals surface area contributed by atoms with Gasteiger partial charge in [-0.25, -0.2) is 4.79 Å². The number of methoxy groups -OCH3 is 1. The lowest BCUT2D eigenvalue weighted by atomic mass is 9.69. The predicted octanol–water partition coefficient (Wildman–Crippen LogP) is 3.37.